The summed E-state index contributed by atoms with van der Waals surface area (Å²) in [5.41, 5.74) is 3.20. The van der Waals surface area contributed by atoms with E-state index in [9.17, 15) is 5.11 Å². The molecule has 0 aliphatic heterocycles. The molecule has 1 heterocycles. The molecule has 1 unspecified atom stereocenters. The van der Waals surface area contributed by atoms with Crippen molar-refractivity contribution in [2.45, 2.75) is 24.8 Å². The molecular weight excluding hydrogens is 242 g/mol. The van der Waals surface area contributed by atoms with Crippen molar-refractivity contribution >= 4 is 11.8 Å². The van der Waals surface area contributed by atoms with Crippen LogP contribution in [0.5, 0.6) is 0 Å². The second kappa shape index (κ2) is 6.03. The van der Waals surface area contributed by atoms with E-state index in [1.54, 1.807) is 24.2 Å². The zero-order valence-corrected chi connectivity index (χ0v) is 11.4. The van der Waals surface area contributed by atoms with Gasteiger partial charge in [0, 0.05) is 23.0 Å². The Hall–Kier alpha value is -1.32. The van der Waals surface area contributed by atoms with Crippen LogP contribution < -0.4 is 0 Å². The maximum absolute atomic E-state index is 10.1. The number of rotatable bonds is 4. The maximum atomic E-state index is 10.1. The second-order valence-corrected chi connectivity index (χ2v) is 5.53. The number of aliphatic hydroxyl groups excluding tert-OH is 1. The summed E-state index contributed by atoms with van der Waals surface area (Å²) in [7, 11) is 0. The molecule has 1 aromatic carbocycles. The first-order valence-corrected chi connectivity index (χ1v) is 6.93. The lowest BCUT2D eigenvalue weighted by Gasteiger charge is -2.11. The van der Waals surface area contributed by atoms with Gasteiger partial charge in [0.05, 0.1) is 6.10 Å². The predicted octanol–water partition coefficient (Wildman–Crippen LogP) is 3.52. The van der Waals surface area contributed by atoms with Crippen LogP contribution >= 0.6 is 11.8 Å². The summed E-state index contributed by atoms with van der Waals surface area (Å²) in [6, 6.07) is 10.3. The SMILES string of the molecule is Cc1cccc(SCC(O)c2cncc(C)c2)c1. The van der Waals surface area contributed by atoms with E-state index < -0.39 is 6.10 Å². The molecule has 0 aliphatic carbocycles. The first-order chi connectivity index (χ1) is 8.65. The molecule has 0 spiro atoms. The molecule has 0 amide bonds. The standard InChI is InChI=1S/C15H17NOS/c1-11-4-3-5-14(7-11)18-10-15(17)13-6-12(2)8-16-9-13/h3-9,15,17H,10H2,1-2H3. The Balaban J connectivity index is 1.98. The Kier molecular flexibility index (Phi) is 4.39. The molecule has 94 valence electrons. The Labute approximate surface area is 112 Å². The van der Waals surface area contributed by atoms with E-state index in [0.717, 1.165) is 11.1 Å². The van der Waals surface area contributed by atoms with Crippen LogP contribution in [0, 0.1) is 13.8 Å². The first kappa shape index (κ1) is 13.1. The van der Waals surface area contributed by atoms with Crippen molar-refractivity contribution in [3.05, 3.63) is 59.4 Å². The Bertz CT molecular complexity index is 527. The lowest BCUT2D eigenvalue weighted by Crippen LogP contribution is -2.01. The lowest BCUT2D eigenvalue weighted by molar-refractivity contribution is 0.203. The molecule has 1 aromatic heterocycles. The van der Waals surface area contributed by atoms with E-state index in [0.29, 0.717) is 5.75 Å². The molecule has 1 atom stereocenters. The molecule has 18 heavy (non-hydrogen) atoms. The van der Waals surface area contributed by atoms with Crippen LogP contribution in [0.15, 0.2) is 47.6 Å². The molecule has 2 aromatic rings. The van der Waals surface area contributed by atoms with Crippen molar-refractivity contribution in [1.29, 1.82) is 0 Å². The molecule has 3 heteroatoms. The van der Waals surface area contributed by atoms with Gasteiger partial charge in [-0.3, -0.25) is 4.98 Å². The number of hydrogen-bond acceptors (Lipinski definition) is 3. The average Bonchev–Trinajstić information content (AvgIpc) is 2.36. The van der Waals surface area contributed by atoms with E-state index in [4.69, 9.17) is 0 Å². The van der Waals surface area contributed by atoms with E-state index in [-0.39, 0.29) is 0 Å². The van der Waals surface area contributed by atoms with Gasteiger partial charge in [-0.05, 0) is 37.1 Å². The van der Waals surface area contributed by atoms with E-state index in [2.05, 4.69) is 30.1 Å². The fourth-order valence-corrected chi connectivity index (χ4v) is 2.72. The first-order valence-electron chi connectivity index (χ1n) is 5.94. The average molecular weight is 259 g/mol. The Morgan fingerprint density at radius 1 is 1.17 bits per heavy atom. The van der Waals surface area contributed by atoms with Gasteiger partial charge in [-0.25, -0.2) is 0 Å². The minimum atomic E-state index is -0.470. The van der Waals surface area contributed by atoms with Gasteiger partial charge in [0.2, 0.25) is 0 Å². The molecule has 0 radical (unpaired) electrons. The zero-order valence-electron chi connectivity index (χ0n) is 10.6. The fourth-order valence-electron chi connectivity index (χ4n) is 1.74. The number of hydrogen-bond donors (Lipinski definition) is 1. The van der Waals surface area contributed by atoms with Gasteiger partial charge >= 0.3 is 0 Å². The van der Waals surface area contributed by atoms with Gasteiger partial charge in [-0.15, -0.1) is 11.8 Å². The summed E-state index contributed by atoms with van der Waals surface area (Å²) < 4.78 is 0. The van der Waals surface area contributed by atoms with Crippen LogP contribution in [0.25, 0.3) is 0 Å². The third kappa shape index (κ3) is 3.59. The third-order valence-corrected chi connectivity index (χ3v) is 3.75. The van der Waals surface area contributed by atoms with Crippen LogP contribution in [0.2, 0.25) is 0 Å². The van der Waals surface area contributed by atoms with Gasteiger partial charge in [0.15, 0.2) is 0 Å². The zero-order chi connectivity index (χ0) is 13.0. The van der Waals surface area contributed by atoms with Crippen LogP contribution in [0.4, 0.5) is 0 Å². The number of aryl methyl sites for hydroxylation is 2. The van der Waals surface area contributed by atoms with Crippen molar-refractivity contribution in [2.75, 3.05) is 5.75 Å². The fraction of sp³-hybridized carbons (Fsp3) is 0.267. The van der Waals surface area contributed by atoms with Gasteiger partial charge < -0.3 is 5.11 Å². The van der Waals surface area contributed by atoms with Crippen molar-refractivity contribution in [3.8, 4) is 0 Å². The normalized spacial score (nSPS) is 12.4. The van der Waals surface area contributed by atoms with E-state index in [1.165, 1.54) is 10.5 Å². The van der Waals surface area contributed by atoms with Gasteiger partial charge in [0.1, 0.15) is 0 Å². The summed E-state index contributed by atoms with van der Waals surface area (Å²) in [5.74, 6) is 0.647. The summed E-state index contributed by atoms with van der Waals surface area (Å²) in [6.07, 6.45) is 3.06. The molecular formula is C15H17NOS. The highest BCUT2D eigenvalue weighted by Gasteiger charge is 2.08. The van der Waals surface area contributed by atoms with E-state index >= 15 is 0 Å². The van der Waals surface area contributed by atoms with Crippen molar-refractivity contribution in [3.63, 3.8) is 0 Å². The van der Waals surface area contributed by atoms with Crippen molar-refractivity contribution in [1.82, 2.24) is 4.98 Å². The Morgan fingerprint density at radius 2 is 2.00 bits per heavy atom. The number of thioether (sulfide) groups is 1. The van der Waals surface area contributed by atoms with Gasteiger partial charge in [0.25, 0.3) is 0 Å². The molecule has 0 saturated carbocycles. The summed E-state index contributed by atoms with van der Waals surface area (Å²) in [6.45, 7) is 4.06. The third-order valence-electron chi connectivity index (χ3n) is 2.68. The number of pyridine rings is 1. The topological polar surface area (TPSA) is 33.1 Å². The molecule has 2 nitrogen and oxygen atoms in total. The molecule has 1 N–H and O–H groups in total. The van der Waals surface area contributed by atoms with E-state index in [1.807, 2.05) is 19.1 Å². The largest absolute Gasteiger partial charge is 0.387 e. The number of nitrogens with zero attached hydrogens (tertiary/aromatic N) is 1. The maximum Gasteiger partial charge on any atom is 0.0898 e. The van der Waals surface area contributed by atoms with Crippen LogP contribution in [0.3, 0.4) is 0 Å². The van der Waals surface area contributed by atoms with Crippen LogP contribution in [0.1, 0.15) is 22.8 Å². The Morgan fingerprint density at radius 3 is 2.72 bits per heavy atom. The summed E-state index contributed by atoms with van der Waals surface area (Å²) in [4.78, 5) is 5.29. The van der Waals surface area contributed by atoms with Crippen LogP contribution in [-0.2, 0) is 0 Å². The lowest BCUT2D eigenvalue weighted by atomic mass is 10.1. The molecule has 0 bridgehead atoms. The quantitative estimate of drug-likeness (QED) is 0.853. The van der Waals surface area contributed by atoms with Crippen LogP contribution in [-0.4, -0.2) is 15.8 Å². The van der Waals surface area contributed by atoms with Gasteiger partial charge in [-0.1, -0.05) is 23.8 Å². The molecule has 2 rings (SSSR count). The summed E-state index contributed by atoms with van der Waals surface area (Å²) in [5, 5.41) is 10.1. The number of aliphatic hydroxyl groups is 1. The van der Waals surface area contributed by atoms with Crippen molar-refractivity contribution < 1.29 is 5.11 Å². The molecule has 0 aliphatic rings. The minimum Gasteiger partial charge on any atom is -0.387 e. The van der Waals surface area contributed by atoms with Gasteiger partial charge in [-0.2, -0.15) is 0 Å². The van der Waals surface area contributed by atoms with Crippen molar-refractivity contribution in [2.24, 2.45) is 0 Å². The highest BCUT2D eigenvalue weighted by Crippen LogP contribution is 2.25. The second-order valence-electron chi connectivity index (χ2n) is 4.44. The molecule has 0 fully saturated rings. The highest BCUT2D eigenvalue weighted by molar-refractivity contribution is 7.99. The number of aromatic nitrogens is 1. The number of benzene rings is 1. The smallest absolute Gasteiger partial charge is 0.0898 e. The molecule has 0 saturated heterocycles. The predicted molar refractivity (Wildman–Crippen MR) is 75.8 cm³/mol. The monoisotopic (exact) mass is 259 g/mol. The summed E-state index contributed by atoms with van der Waals surface area (Å²) >= 11 is 1.67. The highest BCUT2D eigenvalue weighted by atomic mass is 32.2. The minimum absolute atomic E-state index is 0.470.